The molecule has 0 aromatic carbocycles. The third kappa shape index (κ3) is 2.21. The van der Waals surface area contributed by atoms with E-state index in [0.717, 1.165) is 5.47 Å². The van der Waals surface area contributed by atoms with E-state index in [4.69, 9.17) is 5.41 Å². The molecule has 38 valence electrons. The molecule has 0 aromatic heterocycles. The zero-order chi connectivity index (χ0) is 5.86. The Balaban J connectivity index is 3.55. The summed E-state index contributed by atoms with van der Waals surface area (Å²) in [4.78, 5) is 0. The maximum absolute atomic E-state index is 6.75. The van der Waals surface area contributed by atoms with Crippen LogP contribution in [0.25, 0.3) is 0 Å². The zero-order valence-electron chi connectivity index (χ0n) is 4.86. The van der Waals surface area contributed by atoms with Crippen molar-refractivity contribution < 1.29 is 0 Å². The molecule has 0 aliphatic rings. The molecule has 0 saturated carbocycles. The zero-order valence-corrected chi connectivity index (χ0v) is 4.86. The second-order valence-electron chi connectivity index (χ2n) is 1.80. The van der Waals surface area contributed by atoms with Gasteiger partial charge in [-0.3, -0.25) is 0 Å². The highest BCUT2D eigenvalue weighted by atomic mass is 14.3. The van der Waals surface area contributed by atoms with Crippen LogP contribution in [0.1, 0.15) is 6.92 Å². The van der Waals surface area contributed by atoms with Crippen molar-refractivity contribution in [3.05, 3.63) is 12.1 Å². The summed E-state index contributed by atoms with van der Waals surface area (Å²) >= 11 is 0. The Morgan fingerprint density at radius 1 is 1.86 bits per heavy atom. The minimum atomic E-state index is 0.250. The van der Waals surface area contributed by atoms with Crippen LogP contribution in [0.3, 0.4) is 0 Å². The lowest BCUT2D eigenvalue weighted by Gasteiger charge is -1.93. The number of allylic oxidation sites excluding steroid dienone is 1. The summed E-state index contributed by atoms with van der Waals surface area (Å²) in [6.45, 7) is 7.80. The molecule has 1 N–H and O–H groups in total. The first-order valence-corrected chi connectivity index (χ1v) is 2.34. The van der Waals surface area contributed by atoms with Gasteiger partial charge in [-0.15, -0.1) is 12.1 Å². The molecule has 0 heterocycles. The highest BCUT2D eigenvalue weighted by Gasteiger charge is 1.99. The summed E-state index contributed by atoms with van der Waals surface area (Å²) in [5.41, 5.74) is 1.05. The van der Waals surface area contributed by atoms with E-state index < -0.39 is 0 Å². The summed E-state index contributed by atoms with van der Waals surface area (Å²) in [7, 11) is 0. The molecule has 0 rings (SSSR count). The van der Waals surface area contributed by atoms with Gasteiger partial charge in [-0.25, -0.2) is 0 Å². The van der Waals surface area contributed by atoms with Gasteiger partial charge in [-0.05, 0) is 6.11 Å². The number of nitrogens with one attached hydrogen (secondary N) is 1. The average molecular weight is 95.0 g/mol. The first-order valence-electron chi connectivity index (χ1n) is 2.34. The third-order valence-corrected chi connectivity index (χ3v) is 1.03. The van der Waals surface area contributed by atoms with Gasteiger partial charge in [0.25, 0.3) is 0 Å². The molecule has 0 amide bonds. The average Bonchev–Trinajstić information content (AvgIpc) is 1.65. The van der Waals surface area contributed by atoms with Gasteiger partial charge in [-0.2, -0.15) is 0 Å². The van der Waals surface area contributed by atoms with Gasteiger partial charge in [0, 0.05) is 0 Å². The summed E-state index contributed by atoms with van der Waals surface area (Å²) in [5, 5.41) is 6.75. The summed E-state index contributed by atoms with van der Waals surface area (Å²) in [5.74, 6) is 0. The maximum Gasteiger partial charge on any atom is 0.213 e. The molecule has 0 bridgehead atoms. The van der Waals surface area contributed by atoms with Gasteiger partial charge in [0.1, 0.15) is 0 Å². The summed E-state index contributed by atoms with van der Waals surface area (Å²) in [6, 6.07) is 0. The number of hydrogen-bond donors (Lipinski definition) is 1. The van der Waals surface area contributed by atoms with Crippen LogP contribution in [-0.4, -0.2) is 12.8 Å². The molecule has 2 heteroatoms. The van der Waals surface area contributed by atoms with Gasteiger partial charge >= 0.3 is 0 Å². The number of hydrogen-bond acceptors (Lipinski definition) is 1. The van der Waals surface area contributed by atoms with E-state index in [1.54, 1.807) is 0 Å². The predicted octanol–water partition coefficient (Wildman–Crippen LogP) is 1.42. The standard InChI is InChI=1S/C5H10BN/c1-5(2)6(3)4-7/h4,7H,1H2,2-3H3. The quantitative estimate of drug-likeness (QED) is 0.396. The normalized spacial score (nSPS) is 7.71. The fourth-order valence-electron chi connectivity index (χ4n) is 0.142. The second-order valence-corrected chi connectivity index (χ2v) is 1.80. The molecule has 0 unspecified atom stereocenters. The van der Waals surface area contributed by atoms with Crippen LogP contribution in [0.15, 0.2) is 12.1 Å². The molecule has 0 atom stereocenters. The topological polar surface area (TPSA) is 23.9 Å². The molecule has 0 spiro atoms. The van der Waals surface area contributed by atoms with E-state index in [0.29, 0.717) is 0 Å². The van der Waals surface area contributed by atoms with Crippen LogP contribution >= 0.6 is 0 Å². The Bertz CT molecular complexity index is 88.1. The summed E-state index contributed by atoms with van der Waals surface area (Å²) < 4.78 is 0. The second kappa shape index (κ2) is 2.62. The van der Waals surface area contributed by atoms with Crippen LogP contribution in [0.2, 0.25) is 6.82 Å². The Kier molecular flexibility index (Phi) is 2.42. The lowest BCUT2D eigenvalue weighted by molar-refractivity contribution is 1.58. The van der Waals surface area contributed by atoms with Crippen molar-refractivity contribution in [2.45, 2.75) is 13.7 Å². The monoisotopic (exact) mass is 95.1 g/mol. The Morgan fingerprint density at radius 2 is 2.29 bits per heavy atom. The summed E-state index contributed by atoms with van der Waals surface area (Å²) in [6.07, 6.45) is 1.39. The fourth-order valence-corrected chi connectivity index (χ4v) is 0.142. The molecule has 0 fully saturated rings. The molecule has 0 aliphatic heterocycles. The van der Waals surface area contributed by atoms with Gasteiger partial charge in [0.05, 0.1) is 0 Å². The van der Waals surface area contributed by atoms with Crippen molar-refractivity contribution >= 4 is 12.8 Å². The van der Waals surface area contributed by atoms with Crippen molar-refractivity contribution in [3.8, 4) is 0 Å². The Labute approximate surface area is 45.0 Å². The Hall–Kier alpha value is -0.525. The van der Waals surface area contributed by atoms with Gasteiger partial charge in [0.2, 0.25) is 6.71 Å². The molecular formula is C5H10BN. The van der Waals surface area contributed by atoms with Gasteiger partial charge in [0.15, 0.2) is 0 Å². The number of rotatable bonds is 2. The van der Waals surface area contributed by atoms with Gasteiger partial charge in [-0.1, -0.05) is 13.7 Å². The van der Waals surface area contributed by atoms with Crippen LogP contribution in [0, 0.1) is 5.41 Å². The molecule has 7 heavy (non-hydrogen) atoms. The van der Waals surface area contributed by atoms with Crippen molar-refractivity contribution in [3.63, 3.8) is 0 Å². The van der Waals surface area contributed by atoms with E-state index in [2.05, 4.69) is 6.58 Å². The van der Waals surface area contributed by atoms with Crippen LogP contribution in [-0.2, 0) is 0 Å². The maximum atomic E-state index is 6.75. The molecule has 0 aliphatic carbocycles. The van der Waals surface area contributed by atoms with Crippen LogP contribution < -0.4 is 0 Å². The van der Waals surface area contributed by atoms with E-state index in [-0.39, 0.29) is 6.71 Å². The lowest BCUT2D eigenvalue weighted by atomic mass is 9.49. The highest BCUT2D eigenvalue weighted by Crippen LogP contribution is 1.89. The molecule has 0 saturated heterocycles. The van der Waals surface area contributed by atoms with E-state index in [1.165, 1.54) is 6.11 Å². The first kappa shape index (κ1) is 6.47. The molecule has 1 nitrogen and oxygen atoms in total. The highest BCUT2D eigenvalue weighted by molar-refractivity contribution is 6.89. The van der Waals surface area contributed by atoms with Crippen LogP contribution in [0.5, 0.6) is 0 Å². The third-order valence-electron chi connectivity index (χ3n) is 1.03. The van der Waals surface area contributed by atoms with E-state index in [1.807, 2.05) is 13.7 Å². The minimum Gasteiger partial charge on any atom is -0.322 e. The van der Waals surface area contributed by atoms with Gasteiger partial charge < -0.3 is 5.41 Å². The smallest absolute Gasteiger partial charge is 0.213 e. The SMILES string of the molecule is C=C(C)B(C)C=N. The van der Waals surface area contributed by atoms with Crippen molar-refractivity contribution in [1.29, 1.82) is 5.41 Å². The van der Waals surface area contributed by atoms with Crippen LogP contribution in [0.4, 0.5) is 0 Å². The van der Waals surface area contributed by atoms with Crippen molar-refractivity contribution in [2.75, 3.05) is 0 Å². The fraction of sp³-hybridized carbons (Fsp3) is 0.400. The van der Waals surface area contributed by atoms with Crippen molar-refractivity contribution in [2.24, 2.45) is 0 Å². The molecule has 0 radical (unpaired) electrons. The molecular weight excluding hydrogens is 84.9 g/mol. The predicted molar refractivity (Wildman–Crippen MR) is 35.2 cm³/mol. The lowest BCUT2D eigenvalue weighted by Crippen LogP contribution is -2.09. The Morgan fingerprint density at radius 3 is 2.29 bits per heavy atom. The molecule has 0 aromatic rings. The first-order chi connectivity index (χ1) is 3.18. The van der Waals surface area contributed by atoms with Crippen molar-refractivity contribution in [1.82, 2.24) is 0 Å². The van der Waals surface area contributed by atoms with E-state index in [9.17, 15) is 0 Å². The minimum absolute atomic E-state index is 0.250. The van der Waals surface area contributed by atoms with E-state index >= 15 is 0 Å². The largest absolute Gasteiger partial charge is 0.322 e.